The van der Waals surface area contributed by atoms with Gasteiger partial charge in [-0.15, -0.1) is 0 Å². The first-order valence-corrected chi connectivity index (χ1v) is 6.15. The lowest BCUT2D eigenvalue weighted by atomic mass is 10.1. The van der Waals surface area contributed by atoms with Crippen molar-refractivity contribution in [1.82, 2.24) is 0 Å². The summed E-state index contributed by atoms with van der Waals surface area (Å²) in [4.78, 5) is 11.4. The zero-order valence-corrected chi connectivity index (χ0v) is 9.59. The van der Waals surface area contributed by atoms with Gasteiger partial charge in [-0.05, 0) is 19.1 Å². The van der Waals surface area contributed by atoms with Crippen molar-refractivity contribution in [3.05, 3.63) is 23.8 Å². The number of carbonyl (C=O) groups excluding carboxylic acids is 1. The van der Waals surface area contributed by atoms with Crippen LogP contribution in [0.15, 0.2) is 23.1 Å². The van der Waals surface area contributed by atoms with E-state index in [0.717, 1.165) is 6.26 Å². The average Bonchev–Trinajstić information content (AvgIpc) is 2.15. The second-order valence-corrected chi connectivity index (χ2v) is 5.15. The predicted octanol–water partition coefficient (Wildman–Crippen LogP) is 1.30. The Bertz CT molecular complexity index is 488. The summed E-state index contributed by atoms with van der Waals surface area (Å²) in [6.45, 7) is 1.31. The molecule has 0 fully saturated rings. The molecule has 0 unspecified atom stereocenters. The van der Waals surface area contributed by atoms with Crippen molar-refractivity contribution in [2.24, 2.45) is 0 Å². The Morgan fingerprint density at radius 2 is 1.93 bits per heavy atom. The van der Waals surface area contributed by atoms with Gasteiger partial charge in [0.25, 0.3) is 0 Å². The molecular weight excluding hydrogens is 216 g/mol. The number of hydrogen-bond acceptors (Lipinski definition) is 4. The third-order valence-corrected chi connectivity index (χ3v) is 3.10. The number of methoxy groups -OCH3 is 1. The maximum absolute atomic E-state index is 11.4. The van der Waals surface area contributed by atoms with Crippen LogP contribution in [-0.4, -0.2) is 27.6 Å². The van der Waals surface area contributed by atoms with E-state index in [1.165, 1.54) is 20.1 Å². The topological polar surface area (TPSA) is 60.4 Å². The normalized spacial score (nSPS) is 11.1. The smallest absolute Gasteiger partial charge is 0.176 e. The van der Waals surface area contributed by atoms with E-state index in [4.69, 9.17) is 4.74 Å². The van der Waals surface area contributed by atoms with Crippen LogP contribution in [0.3, 0.4) is 0 Å². The summed E-state index contributed by atoms with van der Waals surface area (Å²) in [5.41, 5.74) is 0.113. The van der Waals surface area contributed by atoms with Gasteiger partial charge in [0, 0.05) is 6.26 Å². The number of sulfone groups is 1. The van der Waals surface area contributed by atoms with Gasteiger partial charge in [0.05, 0.1) is 17.6 Å². The minimum atomic E-state index is -3.41. The molecule has 0 radical (unpaired) electrons. The summed E-state index contributed by atoms with van der Waals surface area (Å²) in [7, 11) is -2.02. The van der Waals surface area contributed by atoms with Crippen LogP contribution in [0.5, 0.6) is 5.75 Å². The lowest BCUT2D eigenvalue weighted by Gasteiger charge is -2.09. The highest BCUT2D eigenvalue weighted by atomic mass is 32.2. The third-order valence-electron chi connectivity index (χ3n) is 1.96. The number of rotatable bonds is 3. The molecule has 0 aliphatic rings. The molecule has 0 aromatic heterocycles. The number of Topliss-reactive ketones (excluding diaryl/α,β-unsaturated/α-hetero) is 1. The van der Waals surface area contributed by atoms with Gasteiger partial charge in [-0.2, -0.15) is 0 Å². The van der Waals surface area contributed by atoms with E-state index in [1.54, 1.807) is 12.1 Å². The minimum Gasteiger partial charge on any atom is -0.496 e. The zero-order valence-electron chi connectivity index (χ0n) is 8.77. The number of carbonyl (C=O) groups is 1. The largest absolute Gasteiger partial charge is 0.496 e. The van der Waals surface area contributed by atoms with Crippen molar-refractivity contribution in [3.8, 4) is 5.75 Å². The molecule has 0 aliphatic heterocycles. The lowest BCUT2D eigenvalue weighted by Crippen LogP contribution is -2.07. The Morgan fingerprint density at radius 1 is 1.33 bits per heavy atom. The minimum absolute atomic E-state index is 0.00866. The molecule has 82 valence electrons. The summed E-state index contributed by atoms with van der Waals surface area (Å²) in [6.07, 6.45) is 1.06. The molecular formula is C10H12O4S. The number of ether oxygens (including phenoxy) is 1. The van der Waals surface area contributed by atoms with E-state index < -0.39 is 9.84 Å². The average molecular weight is 228 g/mol. The molecule has 1 aromatic carbocycles. The number of benzene rings is 1. The van der Waals surface area contributed by atoms with Crippen LogP contribution in [0.1, 0.15) is 17.3 Å². The van der Waals surface area contributed by atoms with Gasteiger partial charge in [0.2, 0.25) is 0 Å². The van der Waals surface area contributed by atoms with Crippen LogP contribution in [0.4, 0.5) is 0 Å². The Balaban J connectivity index is 3.60. The van der Waals surface area contributed by atoms with Gasteiger partial charge in [-0.3, -0.25) is 4.79 Å². The van der Waals surface area contributed by atoms with Crippen LogP contribution in [0.2, 0.25) is 0 Å². The van der Waals surface area contributed by atoms with Gasteiger partial charge in [-0.25, -0.2) is 8.42 Å². The number of ketones is 1. The summed E-state index contributed by atoms with van der Waals surface area (Å²) in [5, 5.41) is 0. The Labute approximate surface area is 88.8 Å². The van der Waals surface area contributed by atoms with Crippen molar-refractivity contribution >= 4 is 15.6 Å². The second-order valence-electron chi connectivity index (χ2n) is 3.16. The Hall–Kier alpha value is -1.36. The first kappa shape index (κ1) is 11.7. The predicted molar refractivity (Wildman–Crippen MR) is 56.1 cm³/mol. The first-order chi connectivity index (χ1) is 6.88. The fraction of sp³-hybridized carbons (Fsp3) is 0.300. The molecule has 0 aliphatic carbocycles. The maximum atomic E-state index is 11.4. The summed E-state index contributed by atoms with van der Waals surface area (Å²) >= 11 is 0. The lowest BCUT2D eigenvalue weighted by molar-refractivity contribution is 0.101. The zero-order chi connectivity index (χ0) is 11.6. The molecule has 1 rings (SSSR count). The van der Waals surface area contributed by atoms with Crippen molar-refractivity contribution < 1.29 is 17.9 Å². The van der Waals surface area contributed by atoms with E-state index in [0.29, 0.717) is 0 Å². The highest BCUT2D eigenvalue weighted by molar-refractivity contribution is 7.90. The van der Waals surface area contributed by atoms with Crippen LogP contribution in [-0.2, 0) is 9.84 Å². The van der Waals surface area contributed by atoms with Crippen molar-refractivity contribution in [2.45, 2.75) is 11.8 Å². The van der Waals surface area contributed by atoms with E-state index in [1.807, 2.05) is 0 Å². The van der Waals surface area contributed by atoms with Crippen molar-refractivity contribution in [3.63, 3.8) is 0 Å². The van der Waals surface area contributed by atoms with E-state index in [2.05, 4.69) is 0 Å². The molecule has 1 aromatic rings. The van der Waals surface area contributed by atoms with E-state index in [-0.39, 0.29) is 22.0 Å². The second kappa shape index (κ2) is 4.02. The molecule has 0 saturated carbocycles. The molecule has 0 heterocycles. The van der Waals surface area contributed by atoms with Crippen LogP contribution in [0.25, 0.3) is 0 Å². The number of hydrogen-bond donors (Lipinski definition) is 0. The highest BCUT2D eigenvalue weighted by Gasteiger charge is 2.19. The maximum Gasteiger partial charge on any atom is 0.176 e. The van der Waals surface area contributed by atoms with E-state index in [9.17, 15) is 13.2 Å². The molecule has 0 bridgehead atoms. The standard InChI is InChI=1S/C10H12O4S/c1-7(11)10-8(14-2)5-4-6-9(10)15(3,12)13/h4-6H,1-3H3. The molecule has 0 saturated heterocycles. The molecule has 5 heteroatoms. The van der Waals surface area contributed by atoms with Gasteiger partial charge in [-0.1, -0.05) is 6.07 Å². The van der Waals surface area contributed by atoms with Gasteiger partial charge < -0.3 is 4.74 Å². The van der Waals surface area contributed by atoms with Gasteiger partial charge in [0.15, 0.2) is 15.6 Å². The monoisotopic (exact) mass is 228 g/mol. The Kier molecular flexibility index (Phi) is 3.14. The Morgan fingerprint density at radius 3 is 2.33 bits per heavy atom. The molecule has 0 spiro atoms. The van der Waals surface area contributed by atoms with Gasteiger partial charge in [0.1, 0.15) is 5.75 Å². The third kappa shape index (κ3) is 2.36. The highest BCUT2D eigenvalue weighted by Crippen LogP contribution is 2.26. The fourth-order valence-electron chi connectivity index (χ4n) is 1.34. The quantitative estimate of drug-likeness (QED) is 0.732. The van der Waals surface area contributed by atoms with Gasteiger partial charge >= 0.3 is 0 Å². The molecule has 4 nitrogen and oxygen atoms in total. The SMILES string of the molecule is COc1cccc(S(C)(=O)=O)c1C(C)=O. The molecule has 15 heavy (non-hydrogen) atoms. The molecule has 0 atom stereocenters. The van der Waals surface area contributed by atoms with Crippen LogP contribution in [0, 0.1) is 0 Å². The fourth-order valence-corrected chi connectivity index (χ4v) is 2.28. The summed E-state index contributed by atoms with van der Waals surface area (Å²) < 4.78 is 27.8. The summed E-state index contributed by atoms with van der Waals surface area (Å²) in [5.74, 6) is -0.0432. The van der Waals surface area contributed by atoms with Crippen LogP contribution < -0.4 is 4.74 Å². The molecule has 0 amide bonds. The van der Waals surface area contributed by atoms with Crippen molar-refractivity contribution in [1.29, 1.82) is 0 Å². The summed E-state index contributed by atoms with van der Waals surface area (Å²) in [6, 6.07) is 4.50. The first-order valence-electron chi connectivity index (χ1n) is 4.26. The molecule has 0 N–H and O–H groups in total. The van der Waals surface area contributed by atoms with E-state index >= 15 is 0 Å². The van der Waals surface area contributed by atoms with Crippen LogP contribution >= 0.6 is 0 Å². The van der Waals surface area contributed by atoms with Crippen molar-refractivity contribution in [2.75, 3.05) is 13.4 Å².